The lowest BCUT2D eigenvalue weighted by molar-refractivity contribution is -0.136. The van der Waals surface area contributed by atoms with Gasteiger partial charge in [-0.1, -0.05) is 30.3 Å². The highest BCUT2D eigenvalue weighted by Gasteiger charge is 2.22. The molecule has 0 saturated carbocycles. The zero-order chi connectivity index (χ0) is 21.1. The van der Waals surface area contributed by atoms with E-state index in [1.165, 1.54) is 11.3 Å². The van der Waals surface area contributed by atoms with Gasteiger partial charge in [0.2, 0.25) is 0 Å². The number of nitrogens with zero attached hydrogens (tertiary/aromatic N) is 2. The van der Waals surface area contributed by atoms with Crippen LogP contribution in [0.3, 0.4) is 0 Å². The van der Waals surface area contributed by atoms with E-state index in [0.717, 1.165) is 29.7 Å². The number of hydrogen-bond donors (Lipinski definition) is 2. The third kappa shape index (κ3) is 4.59. The van der Waals surface area contributed by atoms with Gasteiger partial charge in [-0.05, 0) is 62.7 Å². The number of carbonyl (C=O) groups is 2. The summed E-state index contributed by atoms with van der Waals surface area (Å²) in [6.45, 7) is 5.21. The molecule has 0 aromatic heterocycles. The number of carbonyl (C=O) groups excluding carboxylic acids is 2. The Balaban J connectivity index is 1.66. The first-order chi connectivity index (χ1) is 13.8. The number of benzene rings is 2. The second-order valence-corrected chi connectivity index (χ2v) is 7.97. The molecule has 0 bridgehead atoms. The highest BCUT2D eigenvalue weighted by atomic mass is 16.2. The van der Waals surface area contributed by atoms with Gasteiger partial charge in [-0.25, -0.2) is 0 Å². The molecule has 0 spiro atoms. The summed E-state index contributed by atoms with van der Waals surface area (Å²) >= 11 is 0. The van der Waals surface area contributed by atoms with Gasteiger partial charge >= 0.3 is 11.8 Å². The molecule has 1 atom stereocenters. The number of aryl methyl sites for hydroxylation is 2. The van der Waals surface area contributed by atoms with E-state index in [4.69, 9.17) is 0 Å². The van der Waals surface area contributed by atoms with Crippen LogP contribution < -0.4 is 15.5 Å². The largest absolute Gasteiger partial charge is 0.374 e. The van der Waals surface area contributed by atoms with E-state index >= 15 is 0 Å². The number of nitrogens with one attached hydrogen (secondary N) is 2. The first kappa shape index (κ1) is 20.9. The summed E-state index contributed by atoms with van der Waals surface area (Å²) in [6, 6.07) is 12.2. The molecule has 2 N–H and O–H groups in total. The SMILES string of the molecule is Cc1cccc(C)c1NC(=O)C(=O)NC[C@@H](c1ccc2c(c1)CCN2C)N(C)C. The molecular formula is C23H30N4O2. The summed E-state index contributed by atoms with van der Waals surface area (Å²) < 4.78 is 0. The molecule has 3 rings (SSSR count). The van der Waals surface area contributed by atoms with Crippen molar-refractivity contribution in [1.29, 1.82) is 0 Å². The van der Waals surface area contributed by atoms with Crippen LogP contribution in [0, 0.1) is 13.8 Å². The predicted molar refractivity (Wildman–Crippen MR) is 117 cm³/mol. The lowest BCUT2D eigenvalue weighted by Gasteiger charge is -2.26. The monoisotopic (exact) mass is 394 g/mol. The standard InChI is InChI=1S/C23H30N4O2/c1-15-7-6-8-16(2)21(15)25-23(29)22(28)24-14-20(26(3)4)17-9-10-19-18(13-17)11-12-27(19)5/h6-10,13,20H,11-12,14H2,1-5H3,(H,24,28)(H,25,29)/t20-/m0/s1. The summed E-state index contributed by atoms with van der Waals surface area (Å²) in [5.74, 6) is -1.27. The number of amides is 2. The molecule has 154 valence electrons. The summed E-state index contributed by atoms with van der Waals surface area (Å²) in [7, 11) is 6.06. The summed E-state index contributed by atoms with van der Waals surface area (Å²) in [5.41, 5.74) is 6.29. The summed E-state index contributed by atoms with van der Waals surface area (Å²) in [5, 5.41) is 5.53. The van der Waals surface area contributed by atoms with Crippen LogP contribution in [0.4, 0.5) is 11.4 Å². The number of fused-ring (bicyclic) bond motifs is 1. The Kier molecular flexibility index (Phi) is 6.23. The molecule has 0 radical (unpaired) electrons. The maximum atomic E-state index is 12.4. The average molecular weight is 395 g/mol. The first-order valence-corrected chi connectivity index (χ1v) is 9.93. The van der Waals surface area contributed by atoms with Crippen molar-refractivity contribution in [3.63, 3.8) is 0 Å². The van der Waals surface area contributed by atoms with Crippen LogP contribution in [0.25, 0.3) is 0 Å². The van der Waals surface area contributed by atoms with E-state index in [-0.39, 0.29) is 6.04 Å². The van der Waals surface area contributed by atoms with E-state index in [0.29, 0.717) is 12.2 Å². The first-order valence-electron chi connectivity index (χ1n) is 9.93. The number of anilines is 2. The fraction of sp³-hybridized carbons (Fsp3) is 0.391. The van der Waals surface area contributed by atoms with E-state index in [2.05, 4.69) is 45.7 Å². The van der Waals surface area contributed by atoms with Gasteiger partial charge in [0, 0.05) is 31.5 Å². The van der Waals surface area contributed by atoms with Crippen LogP contribution in [-0.4, -0.2) is 50.9 Å². The molecule has 0 unspecified atom stereocenters. The van der Waals surface area contributed by atoms with E-state index in [1.807, 2.05) is 46.1 Å². The van der Waals surface area contributed by atoms with Gasteiger partial charge in [0.1, 0.15) is 0 Å². The molecular weight excluding hydrogens is 364 g/mol. The topological polar surface area (TPSA) is 64.7 Å². The zero-order valence-corrected chi connectivity index (χ0v) is 17.9. The molecule has 1 aliphatic heterocycles. The van der Waals surface area contributed by atoms with Crippen LogP contribution in [-0.2, 0) is 16.0 Å². The molecule has 0 saturated heterocycles. The molecule has 2 amide bonds. The molecule has 0 fully saturated rings. The van der Waals surface area contributed by atoms with Crippen molar-refractivity contribution in [2.75, 3.05) is 44.4 Å². The summed E-state index contributed by atoms with van der Waals surface area (Å²) in [6.07, 6.45) is 1.03. The Bertz CT molecular complexity index is 903. The van der Waals surface area contributed by atoms with E-state index < -0.39 is 11.8 Å². The second-order valence-electron chi connectivity index (χ2n) is 7.97. The fourth-order valence-electron chi connectivity index (χ4n) is 3.84. The highest BCUT2D eigenvalue weighted by molar-refractivity contribution is 6.39. The van der Waals surface area contributed by atoms with E-state index in [9.17, 15) is 9.59 Å². The van der Waals surface area contributed by atoms with Crippen molar-refractivity contribution in [3.05, 3.63) is 58.7 Å². The quantitative estimate of drug-likeness (QED) is 0.766. The van der Waals surface area contributed by atoms with Crippen LogP contribution in [0.15, 0.2) is 36.4 Å². The Hall–Kier alpha value is -2.86. The number of hydrogen-bond acceptors (Lipinski definition) is 4. The molecule has 1 aliphatic rings. The molecule has 2 aromatic rings. The van der Waals surface area contributed by atoms with Crippen molar-refractivity contribution in [2.45, 2.75) is 26.3 Å². The minimum absolute atomic E-state index is 0.0110. The molecule has 6 heteroatoms. The van der Waals surface area contributed by atoms with Crippen LogP contribution in [0.2, 0.25) is 0 Å². The zero-order valence-electron chi connectivity index (χ0n) is 17.9. The van der Waals surface area contributed by atoms with Crippen molar-refractivity contribution >= 4 is 23.2 Å². The maximum absolute atomic E-state index is 12.4. The van der Waals surface area contributed by atoms with Crippen molar-refractivity contribution in [2.24, 2.45) is 0 Å². The second kappa shape index (κ2) is 8.66. The minimum atomic E-state index is -0.643. The molecule has 1 heterocycles. The number of rotatable bonds is 5. The van der Waals surface area contributed by atoms with Crippen LogP contribution in [0.5, 0.6) is 0 Å². The normalized spacial score (nSPS) is 13.9. The number of para-hydroxylation sites is 1. The van der Waals surface area contributed by atoms with Crippen molar-refractivity contribution in [3.8, 4) is 0 Å². The van der Waals surface area contributed by atoms with Gasteiger partial charge in [-0.2, -0.15) is 0 Å². The minimum Gasteiger partial charge on any atom is -0.374 e. The van der Waals surface area contributed by atoms with Crippen LogP contribution in [0.1, 0.15) is 28.3 Å². The van der Waals surface area contributed by atoms with Gasteiger partial charge in [0.15, 0.2) is 0 Å². The Morgan fingerprint density at radius 1 is 1.10 bits per heavy atom. The average Bonchev–Trinajstić information content (AvgIpc) is 3.05. The lowest BCUT2D eigenvalue weighted by Crippen LogP contribution is -2.40. The van der Waals surface area contributed by atoms with Crippen LogP contribution >= 0.6 is 0 Å². The smallest absolute Gasteiger partial charge is 0.313 e. The maximum Gasteiger partial charge on any atom is 0.313 e. The lowest BCUT2D eigenvalue weighted by atomic mass is 10.0. The Morgan fingerprint density at radius 2 is 1.79 bits per heavy atom. The summed E-state index contributed by atoms with van der Waals surface area (Å²) in [4.78, 5) is 29.1. The number of likely N-dealkylation sites (N-methyl/N-ethyl adjacent to an activating group) is 2. The van der Waals surface area contributed by atoms with Crippen molar-refractivity contribution in [1.82, 2.24) is 10.2 Å². The molecule has 6 nitrogen and oxygen atoms in total. The predicted octanol–water partition coefficient (Wildman–Crippen LogP) is 2.65. The van der Waals surface area contributed by atoms with E-state index in [1.54, 1.807) is 0 Å². The molecule has 29 heavy (non-hydrogen) atoms. The third-order valence-electron chi connectivity index (χ3n) is 5.62. The molecule has 2 aromatic carbocycles. The van der Waals surface area contributed by atoms with Crippen molar-refractivity contribution < 1.29 is 9.59 Å². The molecule has 0 aliphatic carbocycles. The Morgan fingerprint density at radius 3 is 2.45 bits per heavy atom. The third-order valence-corrected chi connectivity index (χ3v) is 5.62. The van der Waals surface area contributed by atoms with Gasteiger partial charge in [-0.3, -0.25) is 9.59 Å². The van der Waals surface area contributed by atoms with Gasteiger partial charge in [-0.15, -0.1) is 0 Å². The Labute approximate surface area is 172 Å². The fourth-order valence-corrected chi connectivity index (χ4v) is 3.84. The van der Waals surface area contributed by atoms with Gasteiger partial charge in [0.05, 0.1) is 6.04 Å². The highest BCUT2D eigenvalue weighted by Crippen LogP contribution is 2.30. The van der Waals surface area contributed by atoms with Gasteiger partial charge < -0.3 is 20.4 Å². The van der Waals surface area contributed by atoms with Gasteiger partial charge in [0.25, 0.3) is 0 Å².